The summed E-state index contributed by atoms with van der Waals surface area (Å²) in [7, 11) is 0. The van der Waals surface area contributed by atoms with Crippen molar-refractivity contribution in [2.24, 2.45) is 0 Å². The summed E-state index contributed by atoms with van der Waals surface area (Å²) in [6, 6.07) is 12.4. The van der Waals surface area contributed by atoms with Crippen LogP contribution in [-0.2, 0) is 6.54 Å². The molecule has 92 valence electrons. The predicted octanol–water partition coefficient (Wildman–Crippen LogP) is 2.41. The Morgan fingerprint density at radius 1 is 1.22 bits per heavy atom. The molecule has 2 N–H and O–H groups in total. The monoisotopic (exact) mass is 241 g/mol. The molecule has 0 aliphatic carbocycles. The summed E-state index contributed by atoms with van der Waals surface area (Å²) in [6.45, 7) is 0.999. The van der Waals surface area contributed by atoms with E-state index in [0.717, 1.165) is 24.4 Å². The zero-order chi connectivity index (χ0) is 12.4. The second-order valence-electron chi connectivity index (χ2n) is 4.28. The third-order valence-corrected chi connectivity index (χ3v) is 3.11. The summed E-state index contributed by atoms with van der Waals surface area (Å²) in [5.41, 5.74) is 3.21. The standard InChI is InChI=1S/C14H15N3O/c18-9-3-8-17-13-5-2-1-4-11(13)10-14(17)12-6-7-15-16-12/h1-2,4-7,10,18H,3,8-9H2,(H,15,16). The highest BCUT2D eigenvalue weighted by molar-refractivity contribution is 5.86. The van der Waals surface area contributed by atoms with Crippen molar-refractivity contribution in [3.8, 4) is 11.4 Å². The number of nitrogens with one attached hydrogen (secondary N) is 1. The van der Waals surface area contributed by atoms with Crippen molar-refractivity contribution in [1.82, 2.24) is 14.8 Å². The van der Waals surface area contributed by atoms with E-state index in [4.69, 9.17) is 5.11 Å². The molecule has 0 spiro atoms. The van der Waals surface area contributed by atoms with E-state index < -0.39 is 0 Å². The molecule has 0 aliphatic heterocycles. The minimum atomic E-state index is 0.201. The number of rotatable bonds is 4. The number of aliphatic hydroxyl groups excluding tert-OH is 1. The molecular formula is C14H15N3O. The molecule has 0 fully saturated rings. The van der Waals surface area contributed by atoms with E-state index in [0.29, 0.717) is 0 Å². The maximum absolute atomic E-state index is 9.02. The average molecular weight is 241 g/mol. The molecule has 2 heterocycles. The quantitative estimate of drug-likeness (QED) is 0.737. The molecule has 0 amide bonds. The number of hydrogen-bond donors (Lipinski definition) is 2. The Bertz CT molecular complexity index is 640. The van der Waals surface area contributed by atoms with Gasteiger partial charge < -0.3 is 9.67 Å². The van der Waals surface area contributed by atoms with Gasteiger partial charge in [-0.2, -0.15) is 5.10 Å². The second kappa shape index (κ2) is 4.66. The first-order valence-electron chi connectivity index (χ1n) is 6.09. The Hall–Kier alpha value is -2.07. The van der Waals surface area contributed by atoms with Gasteiger partial charge in [0.25, 0.3) is 0 Å². The number of hydrogen-bond acceptors (Lipinski definition) is 2. The number of benzene rings is 1. The van der Waals surface area contributed by atoms with Crippen LogP contribution in [0.2, 0.25) is 0 Å². The van der Waals surface area contributed by atoms with Crippen LogP contribution < -0.4 is 0 Å². The van der Waals surface area contributed by atoms with E-state index in [1.165, 1.54) is 10.9 Å². The molecule has 0 unspecified atom stereocenters. The first-order valence-corrected chi connectivity index (χ1v) is 6.09. The van der Waals surface area contributed by atoms with Crippen LogP contribution >= 0.6 is 0 Å². The SMILES string of the molecule is OCCCn1c(-c2cc[nH]n2)cc2ccccc21. The van der Waals surface area contributed by atoms with Gasteiger partial charge in [-0.15, -0.1) is 0 Å². The van der Waals surface area contributed by atoms with Gasteiger partial charge in [0.05, 0.1) is 5.69 Å². The van der Waals surface area contributed by atoms with Gasteiger partial charge in [0.2, 0.25) is 0 Å². The van der Waals surface area contributed by atoms with Crippen LogP contribution in [-0.4, -0.2) is 26.5 Å². The molecular weight excluding hydrogens is 226 g/mol. The summed E-state index contributed by atoms with van der Waals surface area (Å²) < 4.78 is 2.21. The Kier molecular flexibility index (Phi) is 2.86. The number of aliphatic hydroxyl groups is 1. The zero-order valence-corrected chi connectivity index (χ0v) is 10.0. The van der Waals surface area contributed by atoms with Gasteiger partial charge in [0.1, 0.15) is 5.69 Å². The summed E-state index contributed by atoms with van der Waals surface area (Å²) in [6.07, 6.45) is 2.57. The van der Waals surface area contributed by atoms with E-state index in [1.54, 1.807) is 0 Å². The summed E-state index contributed by atoms with van der Waals surface area (Å²) in [5, 5.41) is 17.3. The van der Waals surface area contributed by atoms with E-state index in [2.05, 4.69) is 33.0 Å². The minimum absolute atomic E-state index is 0.201. The van der Waals surface area contributed by atoms with Gasteiger partial charge in [-0.05, 0) is 24.6 Å². The van der Waals surface area contributed by atoms with Gasteiger partial charge in [-0.1, -0.05) is 18.2 Å². The van der Waals surface area contributed by atoms with Crippen LogP contribution in [0.5, 0.6) is 0 Å². The van der Waals surface area contributed by atoms with Crippen LogP contribution in [0.1, 0.15) is 6.42 Å². The molecule has 0 aliphatic rings. The van der Waals surface area contributed by atoms with Crippen LogP contribution in [0.4, 0.5) is 0 Å². The Balaban J connectivity index is 2.17. The molecule has 3 rings (SSSR count). The lowest BCUT2D eigenvalue weighted by Gasteiger charge is -2.08. The lowest BCUT2D eigenvalue weighted by Crippen LogP contribution is -2.02. The molecule has 2 aromatic heterocycles. The maximum Gasteiger partial charge on any atom is 0.108 e. The van der Waals surface area contributed by atoms with E-state index in [-0.39, 0.29) is 6.61 Å². The molecule has 0 saturated heterocycles. The molecule has 1 aromatic carbocycles. The second-order valence-corrected chi connectivity index (χ2v) is 4.28. The molecule has 0 radical (unpaired) electrons. The van der Waals surface area contributed by atoms with Gasteiger partial charge in [-0.3, -0.25) is 5.10 Å². The first-order chi connectivity index (χ1) is 8.90. The normalized spacial score (nSPS) is 11.2. The zero-order valence-electron chi connectivity index (χ0n) is 10.0. The third-order valence-electron chi connectivity index (χ3n) is 3.11. The van der Waals surface area contributed by atoms with Gasteiger partial charge >= 0.3 is 0 Å². The molecule has 4 nitrogen and oxygen atoms in total. The fraction of sp³-hybridized carbons (Fsp3) is 0.214. The van der Waals surface area contributed by atoms with Crippen molar-refractivity contribution in [3.63, 3.8) is 0 Å². The van der Waals surface area contributed by atoms with Crippen molar-refractivity contribution >= 4 is 10.9 Å². The van der Waals surface area contributed by atoms with Crippen molar-refractivity contribution in [3.05, 3.63) is 42.6 Å². The molecule has 4 heteroatoms. The van der Waals surface area contributed by atoms with E-state index in [9.17, 15) is 0 Å². The van der Waals surface area contributed by atoms with E-state index in [1.807, 2.05) is 24.4 Å². The van der Waals surface area contributed by atoms with Crippen LogP contribution in [0.3, 0.4) is 0 Å². The highest BCUT2D eigenvalue weighted by Gasteiger charge is 2.11. The van der Waals surface area contributed by atoms with Crippen molar-refractivity contribution < 1.29 is 5.11 Å². The number of para-hydroxylation sites is 1. The number of aryl methyl sites for hydroxylation is 1. The molecule has 0 bridgehead atoms. The number of fused-ring (bicyclic) bond motifs is 1. The Morgan fingerprint density at radius 2 is 2.11 bits per heavy atom. The highest BCUT2D eigenvalue weighted by atomic mass is 16.3. The predicted molar refractivity (Wildman–Crippen MR) is 71.2 cm³/mol. The van der Waals surface area contributed by atoms with Gasteiger partial charge in [0.15, 0.2) is 0 Å². The largest absolute Gasteiger partial charge is 0.396 e. The molecule has 3 aromatic rings. The minimum Gasteiger partial charge on any atom is -0.396 e. The lowest BCUT2D eigenvalue weighted by atomic mass is 10.2. The van der Waals surface area contributed by atoms with Gasteiger partial charge in [0, 0.05) is 30.3 Å². The van der Waals surface area contributed by atoms with Gasteiger partial charge in [-0.25, -0.2) is 0 Å². The number of aromatic nitrogens is 3. The summed E-state index contributed by atoms with van der Waals surface area (Å²) in [5.74, 6) is 0. The fourth-order valence-electron chi connectivity index (χ4n) is 2.30. The first kappa shape index (κ1) is 11.0. The smallest absolute Gasteiger partial charge is 0.108 e. The van der Waals surface area contributed by atoms with Crippen LogP contribution in [0.25, 0.3) is 22.3 Å². The van der Waals surface area contributed by atoms with Crippen LogP contribution in [0, 0.1) is 0 Å². The Labute approximate surface area is 105 Å². The molecule has 0 saturated carbocycles. The Morgan fingerprint density at radius 3 is 2.89 bits per heavy atom. The topological polar surface area (TPSA) is 53.8 Å². The highest BCUT2D eigenvalue weighted by Crippen LogP contribution is 2.27. The fourth-order valence-corrected chi connectivity index (χ4v) is 2.30. The van der Waals surface area contributed by atoms with Crippen molar-refractivity contribution in [2.45, 2.75) is 13.0 Å². The molecule has 0 atom stereocenters. The molecule has 18 heavy (non-hydrogen) atoms. The lowest BCUT2D eigenvalue weighted by molar-refractivity contribution is 0.281. The van der Waals surface area contributed by atoms with Crippen LogP contribution in [0.15, 0.2) is 42.6 Å². The third kappa shape index (κ3) is 1.80. The van der Waals surface area contributed by atoms with Crippen molar-refractivity contribution in [1.29, 1.82) is 0 Å². The van der Waals surface area contributed by atoms with E-state index >= 15 is 0 Å². The summed E-state index contributed by atoms with van der Waals surface area (Å²) >= 11 is 0. The average Bonchev–Trinajstić information content (AvgIpc) is 3.03. The number of H-pyrrole nitrogens is 1. The number of aromatic amines is 1. The summed E-state index contributed by atoms with van der Waals surface area (Å²) in [4.78, 5) is 0. The number of nitrogens with zero attached hydrogens (tertiary/aromatic N) is 2. The maximum atomic E-state index is 9.02. The van der Waals surface area contributed by atoms with Crippen molar-refractivity contribution in [2.75, 3.05) is 6.61 Å².